The predicted octanol–water partition coefficient (Wildman–Crippen LogP) is 4.62. The molecule has 0 aromatic heterocycles. The zero-order valence-electron chi connectivity index (χ0n) is 19.0. The quantitative estimate of drug-likeness (QED) is 0.725. The van der Waals surface area contributed by atoms with E-state index in [4.69, 9.17) is 0 Å². The first-order valence-electron chi connectivity index (χ1n) is 12.0. The number of hydrogen-bond donors (Lipinski definition) is 1. The minimum atomic E-state index is 0.00967. The molecular formula is C27H35NO3. The fraction of sp³-hybridized carbons (Fsp3) is 0.630. The van der Waals surface area contributed by atoms with Gasteiger partial charge in [-0.2, -0.15) is 0 Å². The Hall–Kier alpha value is -1.94. The number of fused-ring (bicyclic) bond motifs is 5. The van der Waals surface area contributed by atoms with Crippen LogP contribution in [0, 0.1) is 34.5 Å². The fourth-order valence-electron chi connectivity index (χ4n) is 8.14. The number of aliphatic hydroxyl groups is 1. The molecule has 2 unspecified atom stereocenters. The van der Waals surface area contributed by atoms with Crippen LogP contribution in [0.4, 0.5) is 0 Å². The Labute approximate surface area is 185 Å². The number of carbonyl (C=O) groups excluding carboxylic acids is 2. The smallest absolute Gasteiger partial charge is 0.246 e. The minimum absolute atomic E-state index is 0.00967. The molecule has 0 spiro atoms. The summed E-state index contributed by atoms with van der Waals surface area (Å²) < 4.78 is 0. The van der Waals surface area contributed by atoms with Crippen LogP contribution >= 0.6 is 0 Å². The van der Waals surface area contributed by atoms with E-state index in [0.29, 0.717) is 23.8 Å². The Balaban J connectivity index is 1.41. The van der Waals surface area contributed by atoms with Crippen molar-refractivity contribution < 1.29 is 14.7 Å². The van der Waals surface area contributed by atoms with Gasteiger partial charge in [0.05, 0.1) is 6.61 Å². The van der Waals surface area contributed by atoms with E-state index in [1.807, 2.05) is 36.2 Å². The molecule has 0 radical (unpaired) electrons. The summed E-state index contributed by atoms with van der Waals surface area (Å²) in [4.78, 5) is 27.8. The van der Waals surface area contributed by atoms with Gasteiger partial charge in [-0.05, 0) is 73.3 Å². The molecule has 1 aliphatic heterocycles. The highest BCUT2D eigenvalue weighted by molar-refractivity contribution is 5.98. The number of amides is 1. The Morgan fingerprint density at radius 1 is 1.06 bits per heavy atom. The van der Waals surface area contributed by atoms with E-state index in [0.717, 1.165) is 43.2 Å². The molecule has 5 rings (SSSR count). The molecule has 1 heterocycles. The van der Waals surface area contributed by atoms with Gasteiger partial charge in [-0.15, -0.1) is 0 Å². The molecule has 1 amide bonds. The third-order valence-electron chi connectivity index (χ3n) is 9.87. The van der Waals surface area contributed by atoms with Crippen LogP contribution in [0.2, 0.25) is 0 Å². The monoisotopic (exact) mass is 421 g/mol. The molecule has 1 N–H and O–H groups in total. The van der Waals surface area contributed by atoms with Gasteiger partial charge in [-0.3, -0.25) is 9.59 Å². The van der Waals surface area contributed by atoms with Gasteiger partial charge in [0.2, 0.25) is 5.91 Å². The van der Waals surface area contributed by atoms with Crippen molar-refractivity contribution in [1.29, 1.82) is 0 Å². The highest BCUT2D eigenvalue weighted by Gasteiger charge is 2.61. The molecule has 0 bridgehead atoms. The van der Waals surface area contributed by atoms with Crippen LogP contribution in [0.5, 0.6) is 0 Å². The number of rotatable bonds is 3. The van der Waals surface area contributed by atoms with Crippen LogP contribution in [0.3, 0.4) is 0 Å². The number of ketones is 1. The van der Waals surface area contributed by atoms with Crippen LogP contribution < -0.4 is 0 Å². The Bertz CT molecular complexity index is 921. The fourth-order valence-corrected chi connectivity index (χ4v) is 8.14. The van der Waals surface area contributed by atoms with Crippen LogP contribution in [-0.4, -0.2) is 34.8 Å². The van der Waals surface area contributed by atoms with E-state index in [1.54, 1.807) is 6.08 Å². The van der Waals surface area contributed by atoms with Gasteiger partial charge in [0, 0.05) is 30.0 Å². The molecular weight excluding hydrogens is 386 g/mol. The van der Waals surface area contributed by atoms with E-state index < -0.39 is 0 Å². The molecule has 31 heavy (non-hydrogen) atoms. The van der Waals surface area contributed by atoms with Crippen molar-refractivity contribution >= 4 is 11.7 Å². The maximum Gasteiger partial charge on any atom is 0.246 e. The molecule has 1 aromatic carbocycles. The van der Waals surface area contributed by atoms with Crippen molar-refractivity contribution in [3.05, 3.63) is 47.5 Å². The van der Waals surface area contributed by atoms with Gasteiger partial charge >= 0.3 is 0 Å². The summed E-state index contributed by atoms with van der Waals surface area (Å²) in [6, 6.07) is 7.83. The lowest BCUT2D eigenvalue weighted by Gasteiger charge is -2.60. The zero-order valence-corrected chi connectivity index (χ0v) is 19.0. The largest absolute Gasteiger partial charge is 0.392 e. The summed E-state index contributed by atoms with van der Waals surface area (Å²) in [5, 5.41) is 9.31. The van der Waals surface area contributed by atoms with Crippen molar-refractivity contribution in [3.63, 3.8) is 0 Å². The number of carbonyl (C=O) groups is 2. The summed E-state index contributed by atoms with van der Waals surface area (Å²) in [5.74, 6) is 2.34. The highest BCUT2D eigenvalue weighted by Crippen LogP contribution is 2.65. The molecule has 4 aliphatic rings. The third-order valence-corrected chi connectivity index (χ3v) is 9.87. The second-order valence-corrected chi connectivity index (χ2v) is 11.0. The number of aliphatic hydroxyl groups excluding tert-OH is 1. The molecule has 3 aliphatic carbocycles. The third kappa shape index (κ3) is 2.97. The van der Waals surface area contributed by atoms with Crippen molar-refractivity contribution in [2.24, 2.45) is 34.5 Å². The van der Waals surface area contributed by atoms with Gasteiger partial charge < -0.3 is 10.0 Å². The van der Waals surface area contributed by atoms with E-state index in [1.165, 1.54) is 6.42 Å². The normalized spacial score (nSPS) is 41.5. The van der Waals surface area contributed by atoms with Gasteiger partial charge in [0.25, 0.3) is 0 Å². The Morgan fingerprint density at radius 3 is 2.52 bits per heavy atom. The molecule has 7 atom stereocenters. The molecule has 4 nitrogen and oxygen atoms in total. The molecule has 0 saturated heterocycles. The summed E-state index contributed by atoms with van der Waals surface area (Å²) in [6.07, 6.45) is 10.6. The molecule has 3 saturated carbocycles. The van der Waals surface area contributed by atoms with Crippen molar-refractivity contribution in [2.45, 2.75) is 65.0 Å². The summed E-state index contributed by atoms with van der Waals surface area (Å²) in [7, 11) is 1.97. The van der Waals surface area contributed by atoms with E-state index >= 15 is 0 Å². The van der Waals surface area contributed by atoms with Crippen molar-refractivity contribution in [1.82, 2.24) is 4.90 Å². The maximum atomic E-state index is 13.5. The first-order valence-corrected chi connectivity index (χ1v) is 12.0. The zero-order chi connectivity index (χ0) is 22.0. The lowest BCUT2D eigenvalue weighted by Crippen LogP contribution is -2.59. The molecule has 166 valence electrons. The second-order valence-electron chi connectivity index (χ2n) is 11.0. The Morgan fingerprint density at radius 2 is 1.81 bits per heavy atom. The SMILES string of the molecule is CN1C(=O)C=C[C@@]2(C)C1CC[C@@H]1[C@H]2CC[C@]2(C)C(C(=O)c3ccc(CO)cc3)CC[C@@H]12. The first-order chi connectivity index (χ1) is 14.8. The van der Waals surface area contributed by atoms with Gasteiger partial charge in [0.15, 0.2) is 5.78 Å². The first kappa shape index (κ1) is 20.9. The predicted molar refractivity (Wildman–Crippen MR) is 120 cm³/mol. The molecule has 3 fully saturated rings. The second kappa shape index (κ2) is 7.30. The van der Waals surface area contributed by atoms with Crippen LogP contribution in [-0.2, 0) is 11.4 Å². The lowest BCUT2D eigenvalue weighted by molar-refractivity contribution is -0.138. The number of likely N-dealkylation sites (N-methyl/N-ethyl adjacent to an activating group) is 1. The molecule has 4 heteroatoms. The van der Waals surface area contributed by atoms with E-state index in [-0.39, 0.29) is 35.0 Å². The highest BCUT2D eigenvalue weighted by atomic mass is 16.3. The number of benzene rings is 1. The van der Waals surface area contributed by atoms with Crippen LogP contribution in [0.25, 0.3) is 0 Å². The van der Waals surface area contributed by atoms with Gasteiger partial charge in [-0.1, -0.05) is 44.2 Å². The molecule has 1 aromatic rings. The average Bonchev–Trinajstić information content (AvgIpc) is 3.13. The van der Waals surface area contributed by atoms with Gasteiger partial charge in [0.1, 0.15) is 0 Å². The van der Waals surface area contributed by atoms with Crippen LogP contribution in [0.1, 0.15) is 68.3 Å². The Kier molecular flexibility index (Phi) is 4.93. The number of Topliss-reactive ketones (excluding diaryl/α,β-unsaturated/α-hetero) is 1. The van der Waals surface area contributed by atoms with Crippen LogP contribution in [0.15, 0.2) is 36.4 Å². The average molecular weight is 422 g/mol. The maximum absolute atomic E-state index is 13.5. The summed E-state index contributed by atoms with van der Waals surface area (Å²) in [5.41, 5.74) is 1.76. The summed E-state index contributed by atoms with van der Waals surface area (Å²) in [6.45, 7) is 4.76. The van der Waals surface area contributed by atoms with Crippen molar-refractivity contribution in [2.75, 3.05) is 7.05 Å². The lowest BCUT2D eigenvalue weighted by atomic mass is 9.47. The van der Waals surface area contributed by atoms with E-state index in [2.05, 4.69) is 19.9 Å². The van der Waals surface area contributed by atoms with Gasteiger partial charge in [-0.25, -0.2) is 0 Å². The summed E-state index contributed by atoms with van der Waals surface area (Å²) >= 11 is 0. The van der Waals surface area contributed by atoms with Crippen molar-refractivity contribution in [3.8, 4) is 0 Å². The number of nitrogens with zero attached hydrogens (tertiary/aromatic N) is 1. The topological polar surface area (TPSA) is 57.6 Å². The minimum Gasteiger partial charge on any atom is -0.392 e. The van der Waals surface area contributed by atoms with E-state index in [9.17, 15) is 14.7 Å². The number of hydrogen-bond acceptors (Lipinski definition) is 3. The standard InChI is InChI=1S/C27H35NO3/c1-26-14-12-21-19(8-11-23-27(21,2)15-13-24(30)28(23)3)20(26)9-10-22(26)25(31)18-6-4-17(16-29)5-7-18/h4-7,13,15,19-23,29H,8-12,14,16H2,1-3H3/t19-,20-,21+,22?,23?,26-,27+/m0/s1.